The number of pyridine rings is 1. The molecule has 0 unspecified atom stereocenters. The Labute approximate surface area is 72.3 Å². The van der Waals surface area contributed by atoms with Crippen molar-refractivity contribution in [1.82, 2.24) is 4.98 Å². The van der Waals surface area contributed by atoms with E-state index < -0.39 is 0 Å². The van der Waals surface area contributed by atoms with E-state index in [-0.39, 0.29) is 0 Å². The molecular formula is C9H13NO2. The molecule has 0 spiro atoms. The van der Waals surface area contributed by atoms with E-state index in [0.717, 1.165) is 5.69 Å². The van der Waals surface area contributed by atoms with Crippen LogP contribution in [0.15, 0.2) is 12.1 Å². The van der Waals surface area contributed by atoms with Gasteiger partial charge in [0.05, 0.1) is 13.7 Å². The van der Waals surface area contributed by atoms with Crippen molar-refractivity contribution in [1.29, 1.82) is 0 Å². The lowest BCUT2D eigenvalue weighted by molar-refractivity contribution is 0.298. The van der Waals surface area contributed by atoms with Crippen molar-refractivity contribution in [3.8, 4) is 11.6 Å². The van der Waals surface area contributed by atoms with E-state index in [1.165, 1.54) is 0 Å². The Kier molecular flexibility index (Phi) is 2.91. The van der Waals surface area contributed by atoms with Crippen LogP contribution < -0.4 is 9.47 Å². The molecule has 0 N–H and O–H groups in total. The first-order valence-corrected chi connectivity index (χ1v) is 3.92. The number of ether oxygens (including phenoxy) is 2. The van der Waals surface area contributed by atoms with E-state index in [1.54, 1.807) is 7.11 Å². The summed E-state index contributed by atoms with van der Waals surface area (Å²) in [4.78, 5) is 4.19. The first-order chi connectivity index (χ1) is 5.77. The van der Waals surface area contributed by atoms with E-state index in [1.807, 2.05) is 26.0 Å². The normalized spacial score (nSPS) is 9.58. The molecule has 1 rings (SSSR count). The van der Waals surface area contributed by atoms with Gasteiger partial charge < -0.3 is 9.47 Å². The summed E-state index contributed by atoms with van der Waals surface area (Å²) in [6.45, 7) is 4.44. The second kappa shape index (κ2) is 3.95. The van der Waals surface area contributed by atoms with E-state index in [2.05, 4.69) is 4.98 Å². The fourth-order valence-electron chi connectivity index (χ4n) is 0.916. The number of hydrogen-bond acceptors (Lipinski definition) is 3. The van der Waals surface area contributed by atoms with Crippen LogP contribution in [-0.4, -0.2) is 18.7 Å². The van der Waals surface area contributed by atoms with Gasteiger partial charge in [0.1, 0.15) is 0 Å². The van der Waals surface area contributed by atoms with Crippen LogP contribution in [0, 0.1) is 6.92 Å². The highest BCUT2D eigenvalue weighted by Crippen LogP contribution is 2.23. The summed E-state index contributed by atoms with van der Waals surface area (Å²) < 4.78 is 10.3. The van der Waals surface area contributed by atoms with Crippen LogP contribution in [0.2, 0.25) is 0 Å². The monoisotopic (exact) mass is 167 g/mol. The Morgan fingerprint density at radius 3 is 2.75 bits per heavy atom. The Morgan fingerprint density at radius 1 is 1.42 bits per heavy atom. The van der Waals surface area contributed by atoms with Crippen LogP contribution in [0.1, 0.15) is 12.6 Å². The third kappa shape index (κ3) is 1.87. The van der Waals surface area contributed by atoms with Gasteiger partial charge in [-0.05, 0) is 26.0 Å². The molecule has 0 aliphatic rings. The number of aromatic nitrogens is 1. The lowest BCUT2D eigenvalue weighted by atomic mass is 10.3. The van der Waals surface area contributed by atoms with Crippen molar-refractivity contribution in [3.63, 3.8) is 0 Å². The first-order valence-electron chi connectivity index (χ1n) is 3.92. The zero-order valence-electron chi connectivity index (χ0n) is 7.63. The van der Waals surface area contributed by atoms with Gasteiger partial charge in [-0.2, -0.15) is 0 Å². The highest BCUT2D eigenvalue weighted by molar-refractivity contribution is 5.34. The van der Waals surface area contributed by atoms with Gasteiger partial charge >= 0.3 is 0 Å². The van der Waals surface area contributed by atoms with Gasteiger partial charge in [-0.3, -0.25) is 0 Å². The van der Waals surface area contributed by atoms with Crippen molar-refractivity contribution in [2.75, 3.05) is 13.7 Å². The lowest BCUT2D eigenvalue weighted by Gasteiger charge is -2.07. The Balaban J connectivity index is 2.95. The van der Waals surface area contributed by atoms with Crippen LogP contribution >= 0.6 is 0 Å². The molecule has 0 saturated heterocycles. The Bertz CT molecular complexity index is 261. The smallest absolute Gasteiger partial charge is 0.257 e. The van der Waals surface area contributed by atoms with Crippen molar-refractivity contribution in [2.24, 2.45) is 0 Å². The molecule has 0 amide bonds. The zero-order chi connectivity index (χ0) is 8.97. The molecule has 0 aliphatic heterocycles. The highest BCUT2D eigenvalue weighted by Gasteiger charge is 2.03. The molecule has 1 heterocycles. The van der Waals surface area contributed by atoms with Crippen molar-refractivity contribution >= 4 is 0 Å². The van der Waals surface area contributed by atoms with Gasteiger partial charge in [0.2, 0.25) is 0 Å². The molecular weight excluding hydrogens is 154 g/mol. The number of rotatable bonds is 3. The third-order valence-corrected chi connectivity index (χ3v) is 1.47. The quantitative estimate of drug-likeness (QED) is 0.687. The van der Waals surface area contributed by atoms with E-state index in [4.69, 9.17) is 9.47 Å². The van der Waals surface area contributed by atoms with E-state index in [0.29, 0.717) is 18.2 Å². The van der Waals surface area contributed by atoms with Crippen LogP contribution in [0.25, 0.3) is 0 Å². The Hall–Kier alpha value is -1.25. The first kappa shape index (κ1) is 8.84. The summed E-state index contributed by atoms with van der Waals surface area (Å²) in [5.74, 6) is 1.25. The summed E-state index contributed by atoms with van der Waals surface area (Å²) in [6.07, 6.45) is 0. The molecule has 0 fully saturated rings. The van der Waals surface area contributed by atoms with E-state index in [9.17, 15) is 0 Å². The molecule has 12 heavy (non-hydrogen) atoms. The number of aryl methyl sites for hydroxylation is 1. The topological polar surface area (TPSA) is 31.4 Å². The Morgan fingerprint density at radius 2 is 2.17 bits per heavy atom. The second-order valence-corrected chi connectivity index (χ2v) is 2.39. The SMILES string of the molecule is CCOc1nc(C)ccc1OC. The van der Waals surface area contributed by atoms with Gasteiger partial charge in [0.15, 0.2) is 5.75 Å². The third-order valence-electron chi connectivity index (χ3n) is 1.47. The molecule has 1 aromatic heterocycles. The molecule has 0 aromatic carbocycles. The van der Waals surface area contributed by atoms with Crippen LogP contribution in [0.4, 0.5) is 0 Å². The zero-order valence-corrected chi connectivity index (χ0v) is 7.63. The molecule has 66 valence electrons. The van der Waals surface area contributed by atoms with E-state index >= 15 is 0 Å². The number of methoxy groups -OCH3 is 1. The highest BCUT2D eigenvalue weighted by atomic mass is 16.5. The standard InChI is InChI=1S/C9H13NO2/c1-4-12-9-8(11-3)6-5-7(2)10-9/h5-6H,4H2,1-3H3. The van der Waals surface area contributed by atoms with Gasteiger partial charge in [-0.15, -0.1) is 0 Å². The molecule has 1 aromatic rings. The molecule has 0 bridgehead atoms. The van der Waals surface area contributed by atoms with Crippen LogP contribution in [-0.2, 0) is 0 Å². The maximum Gasteiger partial charge on any atom is 0.257 e. The minimum Gasteiger partial charge on any atom is -0.491 e. The summed E-state index contributed by atoms with van der Waals surface area (Å²) in [5, 5.41) is 0. The van der Waals surface area contributed by atoms with Gasteiger partial charge in [-0.1, -0.05) is 0 Å². The molecule has 3 nitrogen and oxygen atoms in total. The summed E-state index contributed by atoms with van der Waals surface area (Å²) in [6, 6.07) is 3.74. The summed E-state index contributed by atoms with van der Waals surface area (Å²) in [5.41, 5.74) is 0.930. The van der Waals surface area contributed by atoms with Crippen molar-refractivity contribution in [3.05, 3.63) is 17.8 Å². The summed E-state index contributed by atoms with van der Waals surface area (Å²) >= 11 is 0. The largest absolute Gasteiger partial charge is 0.491 e. The fourth-order valence-corrected chi connectivity index (χ4v) is 0.916. The molecule has 0 radical (unpaired) electrons. The maximum atomic E-state index is 5.27. The molecule has 0 aliphatic carbocycles. The molecule has 0 atom stereocenters. The van der Waals surface area contributed by atoms with Gasteiger partial charge in [0, 0.05) is 5.69 Å². The molecule has 0 saturated carbocycles. The van der Waals surface area contributed by atoms with Crippen molar-refractivity contribution in [2.45, 2.75) is 13.8 Å². The average molecular weight is 167 g/mol. The maximum absolute atomic E-state index is 5.27. The van der Waals surface area contributed by atoms with Gasteiger partial charge in [-0.25, -0.2) is 4.98 Å². The van der Waals surface area contributed by atoms with Crippen molar-refractivity contribution < 1.29 is 9.47 Å². The average Bonchev–Trinajstić information content (AvgIpc) is 2.05. The molecule has 3 heteroatoms. The minimum absolute atomic E-state index is 0.569. The predicted molar refractivity (Wildman–Crippen MR) is 46.7 cm³/mol. The number of hydrogen-bond donors (Lipinski definition) is 0. The van der Waals surface area contributed by atoms with Crippen LogP contribution in [0.3, 0.4) is 0 Å². The minimum atomic E-state index is 0.569. The lowest BCUT2D eigenvalue weighted by Crippen LogP contribution is -1.98. The second-order valence-electron chi connectivity index (χ2n) is 2.39. The fraction of sp³-hybridized carbons (Fsp3) is 0.444. The summed E-state index contributed by atoms with van der Waals surface area (Å²) in [7, 11) is 1.61. The van der Waals surface area contributed by atoms with Crippen LogP contribution in [0.5, 0.6) is 11.6 Å². The van der Waals surface area contributed by atoms with Gasteiger partial charge in [0.25, 0.3) is 5.88 Å². The predicted octanol–water partition coefficient (Wildman–Crippen LogP) is 1.80. The number of nitrogens with zero attached hydrogens (tertiary/aromatic N) is 1.